The normalized spacial score (nSPS) is 10.3. The summed E-state index contributed by atoms with van der Waals surface area (Å²) < 4.78 is 0. The Hall–Kier alpha value is -3.01. The molecule has 0 fully saturated rings. The van der Waals surface area contributed by atoms with Crippen LogP contribution in [0.2, 0.25) is 0 Å². The van der Waals surface area contributed by atoms with Crippen LogP contribution in [-0.2, 0) is 4.79 Å². The van der Waals surface area contributed by atoms with Crippen LogP contribution in [0.15, 0.2) is 72.9 Å². The van der Waals surface area contributed by atoms with Crippen LogP contribution in [0.25, 0.3) is 6.08 Å². The third kappa shape index (κ3) is 5.71. The highest BCUT2D eigenvalue weighted by atomic mass is 16.2. The quantitative estimate of drug-likeness (QED) is 0.543. The molecule has 2 rings (SSSR count). The zero-order valence-corrected chi connectivity index (χ0v) is 13.2. The number of carbonyl (C=O) groups excluding carboxylic acids is 1. The monoisotopic (exact) mass is 307 g/mol. The molecule has 118 valence electrons. The fourth-order valence-corrected chi connectivity index (χ4v) is 1.94. The molecule has 4 nitrogen and oxygen atoms in total. The number of para-hydroxylation sites is 1. The molecule has 0 saturated carbocycles. The zero-order valence-electron chi connectivity index (χ0n) is 13.2. The van der Waals surface area contributed by atoms with E-state index >= 15 is 0 Å². The number of benzene rings is 2. The lowest BCUT2D eigenvalue weighted by Gasteiger charge is -2.11. The smallest absolute Gasteiger partial charge is 0.257 e. The van der Waals surface area contributed by atoms with Crippen LogP contribution in [0.3, 0.4) is 0 Å². The molecule has 0 radical (unpaired) electrons. The Kier molecular flexibility index (Phi) is 6.00. The molecule has 0 saturated heterocycles. The van der Waals surface area contributed by atoms with Gasteiger partial charge in [0.15, 0.2) is 0 Å². The van der Waals surface area contributed by atoms with Gasteiger partial charge in [0.2, 0.25) is 0 Å². The minimum atomic E-state index is -0.164. The zero-order chi connectivity index (χ0) is 16.5. The molecule has 23 heavy (non-hydrogen) atoms. The van der Waals surface area contributed by atoms with Gasteiger partial charge in [0.05, 0.1) is 6.54 Å². The van der Waals surface area contributed by atoms with E-state index in [1.165, 1.54) is 0 Å². The summed E-state index contributed by atoms with van der Waals surface area (Å²) in [5.41, 5.74) is 9.12. The van der Waals surface area contributed by atoms with E-state index in [0.717, 1.165) is 16.8 Å². The first-order valence-electron chi connectivity index (χ1n) is 7.41. The molecule has 0 aromatic heterocycles. The molecule has 4 heteroatoms. The van der Waals surface area contributed by atoms with Crippen molar-refractivity contribution in [1.82, 2.24) is 10.9 Å². The molecule has 0 aliphatic rings. The third-order valence-corrected chi connectivity index (χ3v) is 3.22. The van der Waals surface area contributed by atoms with Crippen molar-refractivity contribution in [2.75, 3.05) is 11.9 Å². The van der Waals surface area contributed by atoms with E-state index in [9.17, 15) is 4.79 Å². The minimum absolute atomic E-state index is 0.164. The van der Waals surface area contributed by atoms with Crippen LogP contribution in [0, 0.1) is 6.92 Å². The van der Waals surface area contributed by atoms with Crippen LogP contribution in [0.5, 0.6) is 0 Å². The van der Waals surface area contributed by atoms with E-state index in [1.54, 1.807) is 0 Å². The SMILES string of the molecule is C=C(C=Cc1ccccc1)NNC(=O)CNc1ccccc1C. The van der Waals surface area contributed by atoms with E-state index in [-0.39, 0.29) is 12.5 Å². The first-order chi connectivity index (χ1) is 11.1. The van der Waals surface area contributed by atoms with Gasteiger partial charge in [-0.15, -0.1) is 0 Å². The second-order valence-electron chi connectivity index (χ2n) is 5.11. The Morgan fingerprint density at radius 1 is 1.04 bits per heavy atom. The number of carbonyl (C=O) groups is 1. The maximum absolute atomic E-state index is 11.8. The van der Waals surface area contributed by atoms with Gasteiger partial charge in [-0.1, -0.05) is 61.2 Å². The molecule has 1 amide bonds. The van der Waals surface area contributed by atoms with Gasteiger partial charge in [0, 0.05) is 11.4 Å². The molecule has 0 spiro atoms. The lowest BCUT2D eigenvalue weighted by Crippen LogP contribution is -2.39. The number of rotatable bonds is 7. The maximum atomic E-state index is 11.8. The summed E-state index contributed by atoms with van der Waals surface area (Å²) in [4.78, 5) is 11.8. The van der Waals surface area contributed by atoms with Gasteiger partial charge in [0.25, 0.3) is 5.91 Å². The Morgan fingerprint density at radius 2 is 1.74 bits per heavy atom. The van der Waals surface area contributed by atoms with Crippen molar-refractivity contribution in [3.63, 3.8) is 0 Å². The number of amides is 1. The highest BCUT2D eigenvalue weighted by molar-refractivity contribution is 5.80. The highest BCUT2D eigenvalue weighted by Crippen LogP contribution is 2.12. The average molecular weight is 307 g/mol. The Balaban J connectivity index is 1.73. The van der Waals surface area contributed by atoms with Crippen molar-refractivity contribution in [1.29, 1.82) is 0 Å². The highest BCUT2D eigenvalue weighted by Gasteiger charge is 2.01. The molecule has 3 N–H and O–H groups in total. The first kappa shape index (κ1) is 16.4. The predicted octanol–water partition coefficient (Wildman–Crippen LogP) is 3.25. The number of anilines is 1. The topological polar surface area (TPSA) is 53.2 Å². The number of hydrazine groups is 1. The summed E-state index contributed by atoms with van der Waals surface area (Å²) in [5.74, 6) is -0.164. The summed E-state index contributed by atoms with van der Waals surface area (Å²) in [6, 6.07) is 17.7. The standard InChI is InChI=1S/C19H21N3O/c1-15-8-6-7-11-18(15)20-14-19(23)22-21-16(2)12-13-17-9-4-3-5-10-17/h3-13,20-21H,2,14H2,1H3,(H,22,23). The molecular formula is C19H21N3O. The Morgan fingerprint density at radius 3 is 2.48 bits per heavy atom. The molecular weight excluding hydrogens is 286 g/mol. The van der Waals surface area contributed by atoms with Crippen molar-refractivity contribution < 1.29 is 4.79 Å². The van der Waals surface area contributed by atoms with Crippen LogP contribution in [-0.4, -0.2) is 12.5 Å². The molecule has 0 bridgehead atoms. The van der Waals surface area contributed by atoms with Crippen molar-refractivity contribution in [3.8, 4) is 0 Å². The van der Waals surface area contributed by atoms with E-state index in [0.29, 0.717) is 5.70 Å². The molecule has 2 aromatic carbocycles. The third-order valence-electron chi connectivity index (χ3n) is 3.22. The predicted molar refractivity (Wildman–Crippen MR) is 95.6 cm³/mol. The molecule has 0 aliphatic carbocycles. The Labute approximate surface area is 136 Å². The maximum Gasteiger partial charge on any atom is 0.257 e. The van der Waals surface area contributed by atoms with Crippen molar-refractivity contribution >= 4 is 17.7 Å². The summed E-state index contributed by atoms with van der Waals surface area (Å²) in [6.07, 6.45) is 3.73. The van der Waals surface area contributed by atoms with Crippen LogP contribution >= 0.6 is 0 Å². The fourth-order valence-electron chi connectivity index (χ4n) is 1.94. The average Bonchev–Trinajstić information content (AvgIpc) is 2.58. The molecule has 0 heterocycles. The second kappa shape index (κ2) is 8.44. The molecule has 0 unspecified atom stereocenters. The van der Waals surface area contributed by atoms with Crippen molar-refractivity contribution in [3.05, 3.63) is 84.1 Å². The number of aryl methyl sites for hydroxylation is 1. The number of hydrogen-bond acceptors (Lipinski definition) is 3. The van der Waals surface area contributed by atoms with Gasteiger partial charge >= 0.3 is 0 Å². The van der Waals surface area contributed by atoms with E-state index in [4.69, 9.17) is 0 Å². The first-order valence-corrected chi connectivity index (χ1v) is 7.41. The lowest BCUT2D eigenvalue weighted by molar-refractivity contribution is -0.120. The van der Waals surface area contributed by atoms with E-state index in [1.807, 2.05) is 73.7 Å². The van der Waals surface area contributed by atoms with Crippen LogP contribution < -0.4 is 16.2 Å². The van der Waals surface area contributed by atoms with Gasteiger partial charge < -0.3 is 5.32 Å². The molecule has 2 aromatic rings. The summed E-state index contributed by atoms with van der Waals surface area (Å²) in [7, 11) is 0. The number of hydrogen-bond donors (Lipinski definition) is 3. The van der Waals surface area contributed by atoms with Gasteiger partial charge in [-0.3, -0.25) is 15.6 Å². The van der Waals surface area contributed by atoms with Gasteiger partial charge in [0.1, 0.15) is 0 Å². The minimum Gasteiger partial charge on any atom is -0.376 e. The van der Waals surface area contributed by atoms with Crippen LogP contribution in [0.1, 0.15) is 11.1 Å². The summed E-state index contributed by atoms with van der Waals surface area (Å²) in [5, 5.41) is 3.09. The van der Waals surface area contributed by atoms with Gasteiger partial charge in [-0.25, -0.2) is 0 Å². The van der Waals surface area contributed by atoms with Crippen molar-refractivity contribution in [2.45, 2.75) is 6.92 Å². The Bertz CT molecular complexity index is 693. The summed E-state index contributed by atoms with van der Waals surface area (Å²) in [6.45, 7) is 6.02. The van der Waals surface area contributed by atoms with Gasteiger partial charge in [-0.2, -0.15) is 0 Å². The second-order valence-corrected chi connectivity index (χ2v) is 5.11. The number of nitrogens with one attached hydrogen (secondary N) is 3. The lowest BCUT2D eigenvalue weighted by atomic mass is 10.2. The summed E-state index contributed by atoms with van der Waals surface area (Å²) >= 11 is 0. The molecule has 0 aliphatic heterocycles. The number of allylic oxidation sites excluding steroid dienone is 1. The van der Waals surface area contributed by atoms with E-state index in [2.05, 4.69) is 22.7 Å². The largest absolute Gasteiger partial charge is 0.376 e. The molecule has 0 atom stereocenters. The van der Waals surface area contributed by atoms with Crippen molar-refractivity contribution in [2.24, 2.45) is 0 Å². The van der Waals surface area contributed by atoms with E-state index < -0.39 is 0 Å². The van der Waals surface area contributed by atoms with Crippen LogP contribution in [0.4, 0.5) is 5.69 Å². The fraction of sp³-hybridized carbons (Fsp3) is 0.105. The van der Waals surface area contributed by atoms with Gasteiger partial charge in [-0.05, 0) is 30.2 Å².